The van der Waals surface area contributed by atoms with Crippen LogP contribution in [0.25, 0.3) is 0 Å². The Morgan fingerprint density at radius 3 is 2.28 bits per heavy atom. The van der Waals surface area contributed by atoms with Crippen LogP contribution in [-0.4, -0.2) is 9.35 Å². The first-order chi connectivity index (χ1) is 8.63. The summed E-state index contributed by atoms with van der Waals surface area (Å²) < 4.78 is 3.94. The van der Waals surface area contributed by atoms with Gasteiger partial charge in [-0.25, -0.2) is 4.68 Å². The summed E-state index contributed by atoms with van der Waals surface area (Å²) in [6.07, 6.45) is 3.21. The summed E-state index contributed by atoms with van der Waals surface area (Å²) in [6.45, 7) is 0. The first kappa shape index (κ1) is 12.4. The van der Waals surface area contributed by atoms with E-state index in [4.69, 9.17) is 15.8 Å². The van der Waals surface area contributed by atoms with Gasteiger partial charge < -0.3 is 0 Å². The fraction of sp³-hybridized carbons (Fsp3) is 0. The third-order valence-corrected chi connectivity index (χ3v) is 3.79. The average molecular weight is 365 g/mol. The zero-order chi connectivity index (χ0) is 13.3. The molecule has 5 nitrogen and oxygen atoms in total. The minimum Gasteiger partial charge on any atom is -0.261 e. The number of nitrogens with zero attached hydrogens (tertiary/aromatic N) is 5. The molecule has 0 radical (unpaired) electrons. The van der Waals surface area contributed by atoms with Crippen LogP contribution in [0.5, 0.6) is 0 Å². The van der Waals surface area contributed by atoms with Gasteiger partial charge in [-0.1, -0.05) is 0 Å². The Morgan fingerprint density at radius 2 is 1.78 bits per heavy atom. The number of halogens is 2. The van der Waals surface area contributed by atoms with E-state index in [2.05, 4.69) is 31.9 Å². The molecule has 0 aliphatic rings. The molecule has 0 fully saturated rings. The monoisotopic (exact) mass is 363 g/mol. The summed E-state index contributed by atoms with van der Waals surface area (Å²) in [5.74, 6) is 0. The van der Waals surface area contributed by atoms with Gasteiger partial charge in [0.25, 0.3) is 0 Å². The van der Waals surface area contributed by atoms with Crippen molar-refractivity contribution in [3.63, 3.8) is 0 Å². The van der Waals surface area contributed by atoms with Crippen LogP contribution in [0.3, 0.4) is 0 Å². The van der Waals surface area contributed by atoms with Crippen LogP contribution in [0.1, 0.15) is 16.8 Å². The van der Waals surface area contributed by atoms with Gasteiger partial charge in [0.1, 0.15) is 28.4 Å². The largest absolute Gasteiger partial charge is 0.261 e. The predicted octanol–water partition coefficient (Wildman–Crippen LogP) is 2.74. The molecule has 18 heavy (non-hydrogen) atoms. The quantitative estimate of drug-likeness (QED) is 0.780. The van der Waals surface area contributed by atoms with E-state index < -0.39 is 0 Å². The standard InChI is InChI=1S/C11H3Br2N5/c12-10-8(4-15)11(13)18(9(10)5-16)17-2-1-7(3-14)6-17/h1-2,6H. The van der Waals surface area contributed by atoms with Crippen LogP contribution in [0.15, 0.2) is 27.5 Å². The number of hydrogen-bond acceptors (Lipinski definition) is 3. The first-order valence-electron chi connectivity index (χ1n) is 4.62. The maximum absolute atomic E-state index is 9.15. The molecule has 2 aromatic heterocycles. The minimum atomic E-state index is 0.276. The molecule has 2 heterocycles. The molecule has 2 rings (SSSR count). The lowest BCUT2D eigenvalue weighted by molar-refractivity contribution is 0.643. The highest BCUT2D eigenvalue weighted by Crippen LogP contribution is 2.31. The molecule has 0 bridgehead atoms. The highest BCUT2D eigenvalue weighted by atomic mass is 79.9. The van der Waals surface area contributed by atoms with E-state index in [0.717, 1.165) is 0 Å². The Bertz CT molecular complexity index is 748. The van der Waals surface area contributed by atoms with Crippen LogP contribution in [-0.2, 0) is 0 Å². The molecular weight excluding hydrogens is 362 g/mol. The van der Waals surface area contributed by atoms with Gasteiger partial charge in [0.15, 0.2) is 5.69 Å². The molecular formula is C11H3Br2N5. The van der Waals surface area contributed by atoms with Crippen molar-refractivity contribution in [1.29, 1.82) is 15.8 Å². The molecule has 0 aromatic carbocycles. The third-order valence-electron chi connectivity index (χ3n) is 2.29. The predicted molar refractivity (Wildman–Crippen MR) is 69.2 cm³/mol. The Balaban J connectivity index is 2.77. The van der Waals surface area contributed by atoms with Crippen molar-refractivity contribution >= 4 is 31.9 Å². The van der Waals surface area contributed by atoms with Gasteiger partial charge in [-0.3, -0.25) is 4.68 Å². The molecule has 86 valence electrons. The van der Waals surface area contributed by atoms with E-state index in [1.165, 1.54) is 4.68 Å². The van der Waals surface area contributed by atoms with Gasteiger partial charge in [0.2, 0.25) is 0 Å². The Morgan fingerprint density at radius 1 is 1.06 bits per heavy atom. The highest BCUT2D eigenvalue weighted by Gasteiger charge is 2.20. The smallest absolute Gasteiger partial charge is 0.157 e. The van der Waals surface area contributed by atoms with Crippen LogP contribution < -0.4 is 0 Å². The fourth-order valence-electron chi connectivity index (χ4n) is 1.49. The molecule has 0 atom stereocenters. The van der Waals surface area contributed by atoms with Gasteiger partial charge in [0, 0.05) is 12.4 Å². The van der Waals surface area contributed by atoms with Crippen molar-refractivity contribution in [2.24, 2.45) is 0 Å². The van der Waals surface area contributed by atoms with E-state index in [9.17, 15) is 0 Å². The van der Waals surface area contributed by atoms with E-state index in [0.29, 0.717) is 20.2 Å². The third kappa shape index (κ3) is 1.73. The van der Waals surface area contributed by atoms with Crippen molar-refractivity contribution in [2.45, 2.75) is 0 Å². The Hall–Kier alpha value is -2.01. The molecule has 0 aliphatic heterocycles. The fourth-order valence-corrected chi connectivity index (χ4v) is 2.94. The summed E-state index contributed by atoms with van der Waals surface area (Å²) >= 11 is 6.50. The van der Waals surface area contributed by atoms with Crippen molar-refractivity contribution in [3.8, 4) is 18.2 Å². The van der Waals surface area contributed by atoms with Crippen LogP contribution in [0, 0.1) is 34.0 Å². The molecule has 7 heteroatoms. The second kappa shape index (κ2) is 4.70. The lowest BCUT2D eigenvalue weighted by Crippen LogP contribution is -2.09. The summed E-state index contributed by atoms with van der Waals surface area (Å²) in [6, 6.07) is 7.64. The summed E-state index contributed by atoms with van der Waals surface area (Å²) in [5.41, 5.74) is 1.08. The van der Waals surface area contributed by atoms with Crippen LogP contribution in [0.4, 0.5) is 0 Å². The lowest BCUT2D eigenvalue weighted by atomic mass is 10.3. The Labute approximate surface area is 119 Å². The van der Waals surface area contributed by atoms with Crippen molar-refractivity contribution < 1.29 is 0 Å². The summed E-state index contributed by atoms with van der Waals surface area (Å²) in [5, 5.41) is 27.0. The summed E-state index contributed by atoms with van der Waals surface area (Å²) in [7, 11) is 0. The van der Waals surface area contributed by atoms with Gasteiger partial charge >= 0.3 is 0 Å². The normalized spacial score (nSPS) is 9.50. The SMILES string of the molecule is N#Cc1ccn(-n2c(Br)c(C#N)c(Br)c2C#N)c1. The first-order valence-corrected chi connectivity index (χ1v) is 6.21. The van der Waals surface area contributed by atoms with Gasteiger partial charge in [-0.15, -0.1) is 0 Å². The molecule has 0 unspecified atom stereocenters. The zero-order valence-corrected chi connectivity index (χ0v) is 11.9. The van der Waals surface area contributed by atoms with E-state index in [1.807, 2.05) is 18.2 Å². The van der Waals surface area contributed by atoms with Gasteiger partial charge in [-0.2, -0.15) is 15.8 Å². The molecule has 0 spiro atoms. The maximum Gasteiger partial charge on any atom is 0.157 e. The second-order valence-electron chi connectivity index (χ2n) is 3.26. The lowest BCUT2D eigenvalue weighted by Gasteiger charge is -2.07. The van der Waals surface area contributed by atoms with Gasteiger partial charge in [-0.05, 0) is 37.9 Å². The van der Waals surface area contributed by atoms with E-state index in [-0.39, 0.29) is 5.69 Å². The molecule has 0 saturated carbocycles. The summed E-state index contributed by atoms with van der Waals surface area (Å²) in [4.78, 5) is 0. The van der Waals surface area contributed by atoms with Crippen molar-refractivity contribution in [1.82, 2.24) is 9.35 Å². The zero-order valence-electron chi connectivity index (χ0n) is 8.72. The average Bonchev–Trinajstić information content (AvgIpc) is 2.92. The second-order valence-corrected chi connectivity index (χ2v) is 4.80. The van der Waals surface area contributed by atoms with Crippen LogP contribution in [0.2, 0.25) is 0 Å². The van der Waals surface area contributed by atoms with Crippen molar-refractivity contribution in [2.75, 3.05) is 0 Å². The van der Waals surface area contributed by atoms with Gasteiger partial charge in [0.05, 0.1) is 10.0 Å². The van der Waals surface area contributed by atoms with Crippen molar-refractivity contribution in [3.05, 3.63) is 44.4 Å². The molecule has 0 N–H and O–H groups in total. The van der Waals surface area contributed by atoms with Crippen LogP contribution >= 0.6 is 31.9 Å². The van der Waals surface area contributed by atoms with E-state index >= 15 is 0 Å². The number of aromatic nitrogens is 2. The number of rotatable bonds is 1. The maximum atomic E-state index is 9.15. The molecule has 0 amide bonds. The minimum absolute atomic E-state index is 0.276. The molecule has 0 saturated heterocycles. The van der Waals surface area contributed by atoms with E-state index in [1.54, 1.807) is 23.1 Å². The number of nitriles is 3. The highest BCUT2D eigenvalue weighted by molar-refractivity contribution is 9.11. The molecule has 2 aromatic rings. The number of hydrogen-bond donors (Lipinski definition) is 0. The Kier molecular flexibility index (Phi) is 3.25. The molecule has 0 aliphatic carbocycles. The topological polar surface area (TPSA) is 81.2 Å².